The van der Waals surface area contributed by atoms with Gasteiger partial charge in [-0.3, -0.25) is 0 Å². The molecular weight excluding hydrogens is 1230 g/mol. The molecule has 0 amide bonds. The highest BCUT2D eigenvalue weighted by Crippen LogP contribution is 2.47. The molecule has 0 saturated carbocycles. The number of hydrogen-bond donors (Lipinski definition) is 2. The Kier molecular flexibility index (Phi) is 16.2. The van der Waals surface area contributed by atoms with Crippen LogP contribution in [-0.4, -0.2) is 17.2 Å². The number of rotatable bonds is 8. The van der Waals surface area contributed by atoms with Crippen molar-refractivity contribution in [1.29, 1.82) is 0 Å². The van der Waals surface area contributed by atoms with Gasteiger partial charge in [-0.2, -0.15) is 0 Å². The van der Waals surface area contributed by atoms with E-state index >= 15 is 0 Å². The van der Waals surface area contributed by atoms with E-state index in [2.05, 4.69) is 325 Å². The molecule has 452 valence electrons. The van der Waals surface area contributed by atoms with Crippen LogP contribution in [0.25, 0.3) is 164 Å². The van der Waals surface area contributed by atoms with Crippen molar-refractivity contribution in [1.82, 2.24) is 0 Å². The Morgan fingerprint density at radius 3 is 0.865 bits per heavy atom. The van der Waals surface area contributed by atoms with Crippen molar-refractivity contribution in [3.8, 4) is 77.9 Å². The lowest BCUT2D eigenvalue weighted by atomic mass is 9.72. The Morgan fingerprint density at radius 1 is 0.177 bits per heavy atom. The first-order chi connectivity index (χ1) is 47.4. The lowest BCUT2D eigenvalue weighted by molar-refractivity contribution is 0.426. The summed E-state index contributed by atoms with van der Waals surface area (Å²) in [5, 5.41) is 39.5. The lowest BCUT2D eigenvalue weighted by Crippen LogP contribution is -2.31. The Balaban J connectivity index is 0.000000124. The maximum absolute atomic E-state index is 10.2. The van der Waals surface area contributed by atoms with Crippen LogP contribution < -0.4 is 5.46 Å². The average molecular weight is 1290 g/mol. The quantitative estimate of drug-likeness (QED) is 0.0904. The van der Waals surface area contributed by atoms with Crippen LogP contribution in [0.2, 0.25) is 0 Å². The molecule has 2 N–H and O–H groups in total. The van der Waals surface area contributed by atoms with E-state index in [0.717, 1.165) is 48.3 Å². The fraction of sp³-hybridized carbons (Fsp3) is 0. The van der Waals surface area contributed by atoms with Gasteiger partial charge in [-0.05, 0) is 182 Å². The van der Waals surface area contributed by atoms with Crippen molar-refractivity contribution in [2.24, 2.45) is 0 Å². The molecule has 0 bridgehead atoms. The molecule has 4 heteroatoms. The predicted molar refractivity (Wildman–Crippen MR) is 415 cm³/mol. The molecule has 0 fully saturated rings. The van der Waals surface area contributed by atoms with Crippen molar-refractivity contribution in [3.63, 3.8) is 0 Å². The van der Waals surface area contributed by atoms with Crippen LogP contribution in [0.3, 0.4) is 0 Å². The van der Waals surface area contributed by atoms with Gasteiger partial charge in [0.05, 0.1) is 0 Å². The first-order valence-corrected chi connectivity index (χ1v) is 33.4. The van der Waals surface area contributed by atoms with E-state index in [9.17, 15) is 10.0 Å². The van der Waals surface area contributed by atoms with Crippen LogP contribution in [-0.2, 0) is 0 Å². The zero-order valence-corrected chi connectivity index (χ0v) is 54.1. The standard InChI is InChI=1S/C46H30.C26H19BO2.C20H13Br/c1-2-13-31(14-3-1)37-17-6-7-18-40(37)46-43-21-10-8-19-41(43)45(42-20-9-11-22-44(42)46)34-27-25-33(26-28-34)36-23-12-24-38-35-16-5-4-15-32(35)29-30-39(36)38;28-27(29)26-23-16-8-6-14-21(23)25(22-15-7-9-17-24(22)26)20-13-5-4-12-19(20)18-10-2-1-3-11-18;21-16-11-8-15(9-12-16)18-6-3-7-19-17-5-2-1-4-14(17)10-13-20(18)19/h1-30H;1-17,28-29H;1-13H. The van der Waals surface area contributed by atoms with Gasteiger partial charge < -0.3 is 10.0 Å². The molecule has 18 aromatic rings. The second kappa shape index (κ2) is 26.1. The number of hydrogen-bond acceptors (Lipinski definition) is 2. The van der Waals surface area contributed by atoms with Crippen molar-refractivity contribution in [2.75, 3.05) is 0 Å². The van der Waals surface area contributed by atoms with Crippen molar-refractivity contribution in [3.05, 3.63) is 368 Å². The highest BCUT2D eigenvalue weighted by Gasteiger charge is 2.24. The van der Waals surface area contributed by atoms with Gasteiger partial charge in [-0.25, -0.2) is 0 Å². The summed E-state index contributed by atoms with van der Waals surface area (Å²) in [7, 11) is -1.54. The number of fused-ring (bicyclic) bond motifs is 10. The predicted octanol–water partition coefficient (Wildman–Crippen LogP) is 24.4. The van der Waals surface area contributed by atoms with Crippen LogP contribution >= 0.6 is 15.9 Å². The number of benzene rings is 18. The normalized spacial score (nSPS) is 11.3. The maximum Gasteiger partial charge on any atom is 0.489 e. The van der Waals surface area contributed by atoms with Crippen molar-refractivity contribution < 1.29 is 10.0 Å². The molecule has 0 aromatic heterocycles. The smallest absolute Gasteiger partial charge is 0.423 e. The van der Waals surface area contributed by atoms with E-state index in [1.807, 2.05) is 54.6 Å². The van der Waals surface area contributed by atoms with Gasteiger partial charge in [-0.1, -0.05) is 368 Å². The molecule has 18 rings (SSSR count). The maximum atomic E-state index is 10.2. The van der Waals surface area contributed by atoms with Crippen LogP contribution in [0, 0.1) is 0 Å². The summed E-state index contributed by atoms with van der Waals surface area (Å²) >= 11 is 3.50. The molecule has 0 unspecified atom stereocenters. The Hall–Kier alpha value is -11.5. The third kappa shape index (κ3) is 11.1. The summed E-state index contributed by atoms with van der Waals surface area (Å²) in [6.07, 6.45) is 0. The summed E-state index contributed by atoms with van der Waals surface area (Å²) in [4.78, 5) is 0. The number of halogens is 1. The minimum atomic E-state index is -1.54. The van der Waals surface area contributed by atoms with E-state index in [-0.39, 0.29) is 0 Å². The summed E-state index contributed by atoms with van der Waals surface area (Å²) in [6, 6.07) is 129. The highest BCUT2D eigenvalue weighted by molar-refractivity contribution is 9.10. The fourth-order valence-electron chi connectivity index (χ4n) is 14.6. The van der Waals surface area contributed by atoms with E-state index in [4.69, 9.17) is 0 Å². The molecule has 0 aliphatic rings. The highest BCUT2D eigenvalue weighted by atomic mass is 79.9. The fourth-order valence-corrected chi connectivity index (χ4v) is 14.9. The second-order valence-corrected chi connectivity index (χ2v) is 25.3. The Labute approximate surface area is 567 Å². The Bertz CT molecular complexity index is 5810. The molecule has 18 aromatic carbocycles. The molecule has 96 heavy (non-hydrogen) atoms. The van der Waals surface area contributed by atoms with Gasteiger partial charge in [0, 0.05) is 4.47 Å². The molecule has 0 aliphatic heterocycles. The summed E-state index contributed by atoms with van der Waals surface area (Å²) in [6.45, 7) is 0. The molecular formula is C92H62BBrO2. The zero-order chi connectivity index (χ0) is 64.5. The second-order valence-electron chi connectivity index (χ2n) is 24.4. The third-order valence-corrected chi connectivity index (χ3v) is 19.5. The van der Waals surface area contributed by atoms with E-state index in [0.29, 0.717) is 5.46 Å². The monoisotopic (exact) mass is 1290 g/mol. The molecule has 0 heterocycles. The molecule has 0 radical (unpaired) electrons. The third-order valence-electron chi connectivity index (χ3n) is 18.9. The summed E-state index contributed by atoms with van der Waals surface area (Å²) in [5.41, 5.74) is 17.7. The first kappa shape index (κ1) is 59.5. The molecule has 0 atom stereocenters. The van der Waals surface area contributed by atoms with Crippen LogP contribution in [0.1, 0.15) is 0 Å². The summed E-state index contributed by atoms with van der Waals surface area (Å²) in [5.74, 6) is 0. The van der Waals surface area contributed by atoms with Gasteiger partial charge in [0.25, 0.3) is 0 Å². The Morgan fingerprint density at radius 2 is 0.458 bits per heavy atom. The van der Waals surface area contributed by atoms with Crippen molar-refractivity contribution in [2.45, 2.75) is 0 Å². The minimum Gasteiger partial charge on any atom is -0.423 e. The topological polar surface area (TPSA) is 40.5 Å². The largest absolute Gasteiger partial charge is 0.489 e. The van der Waals surface area contributed by atoms with E-state index in [1.54, 1.807) is 0 Å². The van der Waals surface area contributed by atoms with Gasteiger partial charge in [-0.15, -0.1) is 0 Å². The molecule has 2 nitrogen and oxygen atoms in total. The molecule has 0 spiro atoms. The van der Waals surface area contributed by atoms with Gasteiger partial charge in [0.15, 0.2) is 0 Å². The lowest BCUT2D eigenvalue weighted by Gasteiger charge is -2.20. The summed E-state index contributed by atoms with van der Waals surface area (Å²) < 4.78 is 1.11. The van der Waals surface area contributed by atoms with Gasteiger partial charge in [0.1, 0.15) is 0 Å². The molecule has 0 aliphatic carbocycles. The van der Waals surface area contributed by atoms with Crippen LogP contribution in [0.4, 0.5) is 0 Å². The van der Waals surface area contributed by atoms with E-state index in [1.165, 1.54) is 120 Å². The molecule has 0 saturated heterocycles. The zero-order valence-electron chi connectivity index (χ0n) is 52.5. The average Bonchev–Trinajstić information content (AvgIpc) is 0.744. The minimum absolute atomic E-state index is 0.553. The van der Waals surface area contributed by atoms with Crippen molar-refractivity contribution >= 4 is 115 Å². The van der Waals surface area contributed by atoms with Gasteiger partial charge in [0.2, 0.25) is 0 Å². The van der Waals surface area contributed by atoms with Crippen LogP contribution in [0.5, 0.6) is 0 Å². The first-order valence-electron chi connectivity index (χ1n) is 32.6. The SMILES string of the molecule is Brc1ccc(-c2cccc3c2ccc2ccccc23)cc1.OB(O)c1c2ccccc2c(-c2ccccc2-c2ccccc2)c2ccccc12.c1ccc(-c2ccccc2-c2c3ccccc3c(-c3ccc(-c4cccc5c4ccc4ccccc45)cc3)c3ccccc23)cc1. The van der Waals surface area contributed by atoms with Crippen LogP contribution in [0.15, 0.2) is 368 Å². The van der Waals surface area contributed by atoms with E-state index < -0.39 is 7.12 Å². The van der Waals surface area contributed by atoms with Gasteiger partial charge >= 0.3 is 7.12 Å².